The smallest absolute Gasteiger partial charge is 0.243 e. The number of carbonyl (C=O) groups is 1. The summed E-state index contributed by atoms with van der Waals surface area (Å²) < 4.78 is 26.8. The summed E-state index contributed by atoms with van der Waals surface area (Å²) in [7, 11) is -3.48. The second-order valence-electron chi connectivity index (χ2n) is 6.83. The molecular formula is C20H24ClN3O3S. The maximum Gasteiger partial charge on any atom is 0.243 e. The number of amides is 1. The van der Waals surface area contributed by atoms with Gasteiger partial charge in [-0.05, 0) is 36.8 Å². The second kappa shape index (κ2) is 9.05. The fourth-order valence-corrected chi connectivity index (χ4v) is 4.76. The largest absolute Gasteiger partial charge is 0.348 e. The van der Waals surface area contributed by atoms with Gasteiger partial charge in [0.1, 0.15) is 0 Å². The summed E-state index contributed by atoms with van der Waals surface area (Å²) in [5, 5.41) is 3.63. The first-order chi connectivity index (χ1) is 13.4. The molecule has 1 aliphatic heterocycles. The third-order valence-electron chi connectivity index (χ3n) is 4.83. The minimum atomic E-state index is -3.48. The SMILES string of the molecule is CC(NC(=O)CN1CCN(S(=O)(=O)c2ccccc2)CC1)c1ccc(Cl)cc1. The molecule has 1 amide bonds. The minimum Gasteiger partial charge on any atom is -0.348 e. The Morgan fingerprint density at radius 1 is 1.04 bits per heavy atom. The monoisotopic (exact) mass is 421 g/mol. The Morgan fingerprint density at radius 2 is 1.64 bits per heavy atom. The summed E-state index contributed by atoms with van der Waals surface area (Å²) in [5.74, 6) is -0.0817. The van der Waals surface area contributed by atoms with E-state index in [1.54, 1.807) is 42.5 Å². The van der Waals surface area contributed by atoms with Crippen LogP contribution < -0.4 is 5.32 Å². The molecule has 6 nitrogen and oxygen atoms in total. The van der Waals surface area contributed by atoms with Gasteiger partial charge in [-0.15, -0.1) is 0 Å². The zero-order chi connectivity index (χ0) is 20.1. The zero-order valence-electron chi connectivity index (χ0n) is 15.7. The van der Waals surface area contributed by atoms with Gasteiger partial charge in [0.2, 0.25) is 15.9 Å². The van der Waals surface area contributed by atoms with Gasteiger partial charge in [-0.2, -0.15) is 4.31 Å². The van der Waals surface area contributed by atoms with Crippen LogP contribution in [0.5, 0.6) is 0 Å². The highest BCUT2D eigenvalue weighted by Gasteiger charge is 2.29. The van der Waals surface area contributed by atoms with Crippen molar-refractivity contribution in [2.24, 2.45) is 0 Å². The molecule has 1 heterocycles. The summed E-state index contributed by atoms with van der Waals surface area (Å²) in [6, 6.07) is 15.7. The number of nitrogens with zero attached hydrogens (tertiary/aromatic N) is 2. The second-order valence-corrected chi connectivity index (χ2v) is 9.21. The Bertz CT molecular complexity index is 896. The molecular weight excluding hydrogens is 398 g/mol. The van der Waals surface area contributed by atoms with Crippen molar-refractivity contribution in [3.8, 4) is 0 Å². The van der Waals surface area contributed by atoms with Gasteiger partial charge in [0.05, 0.1) is 17.5 Å². The van der Waals surface area contributed by atoms with E-state index in [9.17, 15) is 13.2 Å². The van der Waals surface area contributed by atoms with Crippen LogP contribution in [0.4, 0.5) is 0 Å². The molecule has 1 aliphatic rings. The fourth-order valence-electron chi connectivity index (χ4n) is 3.19. The molecule has 0 spiro atoms. The number of hydrogen-bond donors (Lipinski definition) is 1. The number of sulfonamides is 1. The van der Waals surface area contributed by atoms with Crippen molar-refractivity contribution in [2.45, 2.75) is 17.9 Å². The predicted octanol–water partition coefficient (Wildman–Crippen LogP) is 2.52. The lowest BCUT2D eigenvalue weighted by atomic mass is 10.1. The minimum absolute atomic E-state index is 0.0817. The van der Waals surface area contributed by atoms with E-state index in [1.807, 2.05) is 24.0 Å². The standard InChI is InChI=1S/C20H24ClN3O3S/c1-16(17-7-9-18(21)10-8-17)22-20(25)15-23-11-13-24(14-12-23)28(26,27)19-5-3-2-4-6-19/h2-10,16H,11-15H2,1H3,(H,22,25). The molecule has 0 aromatic heterocycles. The van der Waals surface area contributed by atoms with E-state index in [0.717, 1.165) is 5.56 Å². The van der Waals surface area contributed by atoms with Crippen LogP contribution in [0.1, 0.15) is 18.5 Å². The molecule has 1 saturated heterocycles. The molecule has 28 heavy (non-hydrogen) atoms. The molecule has 0 saturated carbocycles. The van der Waals surface area contributed by atoms with E-state index in [4.69, 9.17) is 11.6 Å². The Kier molecular flexibility index (Phi) is 6.72. The number of benzene rings is 2. The van der Waals surface area contributed by atoms with Gasteiger partial charge in [-0.3, -0.25) is 9.69 Å². The third-order valence-corrected chi connectivity index (χ3v) is 6.99. The first-order valence-electron chi connectivity index (χ1n) is 9.18. The maximum absolute atomic E-state index is 12.7. The highest BCUT2D eigenvalue weighted by Crippen LogP contribution is 2.18. The average molecular weight is 422 g/mol. The fraction of sp³-hybridized carbons (Fsp3) is 0.350. The topological polar surface area (TPSA) is 69.7 Å². The van der Waals surface area contributed by atoms with Gasteiger partial charge in [-0.25, -0.2) is 8.42 Å². The molecule has 0 aliphatic carbocycles. The lowest BCUT2D eigenvalue weighted by molar-refractivity contribution is -0.123. The van der Waals surface area contributed by atoms with E-state index < -0.39 is 10.0 Å². The number of carbonyl (C=O) groups excluding carboxylic acids is 1. The highest BCUT2D eigenvalue weighted by molar-refractivity contribution is 7.89. The van der Waals surface area contributed by atoms with Crippen LogP contribution in [-0.4, -0.2) is 56.3 Å². The van der Waals surface area contributed by atoms with E-state index in [-0.39, 0.29) is 18.5 Å². The van der Waals surface area contributed by atoms with Crippen LogP contribution in [0.25, 0.3) is 0 Å². The van der Waals surface area contributed by atoms with Crippen molar-refractivity contribution in [2.75, 3.05) is 32.7 Å². The maximum atomic E-state index is 12.7. The molecule has 1 N–H and O–H groups in total. The third kappa shape index (κ3) is 5.11. The molecule has 1 atom stereocenters. The van der Waals surface area contributed by atoms with Crippen LogP contribution in [0.2, 0.25) is 5.02 Å². The number of nitrogens with one attached hydrogen (secondary N) is 1. The van der Waals surface area contributed by atoms with Crippen molar-refractivity contribution < 1.29 is 13.2 Å². The quantitative estimate of drug-likeness (QED) is 0.778. The predicted molar refractivity (Wildman–Crippen MR) is 110 cm³/mol. The summed E-state index contributed by atoms with van der Waals surface area (Å²) in [5.41, 5.74) is 0.983. The van der Waals surface area contributed by atoms with Crippen molar-refractivity contribution in [1.82, 2.24) is 14.5 Å². The number of hydrogen-bond acceptors (Lipinski definition) is 4. The van der Waals surface area contributed by atoms with Crippen molar-refractivity contribution >= 4 is 27.5 Å². The molecule has 0 bridgehead atoms. The van der Waals surface area contributed by atoms with Gasteiger partial charge in [0.15, 0.2) is 0 Å². The zero-order valence-corrected chi connectivity index (χ0v) is 17.3. The lowest BCUT2D eigenvalue weighted by Gasteiger charge is -2.33. The molecule has 1 unspecified atom stereocenters. The normalized spacial score (nSPS) is 17.2. The Hall–Kier alpha value is -1.93. The summed E-state index contributed by atoms with van der Waals surface area (Å²) in [4.78, 5) is 14.6. The summed E-state index contributed by atoms with van der Waals surface area (Å²) >= 11 is 5.89. The molecule has 3 rings (SSSR count). The average Bonchev–Trinajstić information content (AvgIpc) is 2.69. The van der Waals surface area contributed by atoms with Crippen LogP contribution in [0.15, 0.2) is 59.5 Å². The van der Waals surface area contributed by atoms with E-state index in [1.165, 1.54) is 4.31 Å². The van der Waals surface area contributed by atoms with Gasteiger partial charge < -0.3 is 5.32 Å². The molecule has 2 aromatic carbocycles. The van der Waals surface area contributed by atoms with Crippen molar-refractivity contribution in [3.05, 3.63) is 65.2 Å². The van der Waals surface area contributed by atoms with E-state index >= 15 is 0 Å². The Labute approximate surface area is 171 Å². The van der Waals surface area contributed by atoms with Crippen molar-refractivity contribution in [3.63, 3.8) is 0 Å². The van der Waals surface area contributed by atoms with E-state index in [2.05, 4.69) is 5.32 Å². The highest BCUT2D eigenvalue weighted by atomic mass is 35.5. The Balaban J connectivity index is 1.50. The van der Waals surface area contributed by atoms with Crippen LogP contribution in [0.3, 0.4) is 0 Å². The van der Waals surface area contributed by atoms with Crippen LogP contribution >= 0.6 is 11.6 Å². The molecule has 2 aromatic rings. The number of rotatable bonds is 6. The first-order valence-corrected chi connectivity index (χ1v) is 11.0. The van der Waals surface area contributed by atoms with E-state index in [0.29, 0.717) is 36.1 Å². The molecule has 150 valence electrons. The molecule has 0 radical (unpaired) electrons. The van der Waals surface area contributed by atoms with Gasteiger partial charge in [-0.1, -0.05) is 41.9 Å². The van der Waals surface area contributed by atoms with Gasteiger partial charge >= 0.3 is 0 Å². The first kappa shape index (κ1) is 20.8. The summed E-state index contributed by atoms with van der Waals surface area (Å²) in [6.07, 6.45) is 0. The number of halogens is 1. The number of piperazine rings is 1. The van der Waals surface area contributed by atoms with Crippen molar-refractivity contribution in [1.29, 1.82) is 0 Å². The van der Waals surface area contributed by atoms with Gasteiger partial charge in [0, 0.05) is 31.2 Å². The lowest BCUT2D eigenvalue weighted by Crippen LogP contribution is -2.51. The van der Waals surface area contributed by atoms with Crippen LogP contribution in [0, 0.1) is 0 Å². The molecule has 1 fully saturated rings. The molecule has 8 heteroatoms. The van der Waals surface area contributed by atoms with Gasteiger partial charge in [0.25, 0.3) is 0 Å². The Morgan fingerprint density at radius 3 is 2.25 bits per heavy atom. The summed E-state index contributed by atoms with van der Waals surface area (Å²) in [6.45, 7) is 3.96. The van der Waals surface area contributed by atoms with Crippen LogP contribution in [-0.2, 0) is 14.8 Å².